The molecule has 0 atom stereocenters. The predicted octanol–water partition coefficient (Wildman–Crippen LogP) is 4.37. The molecule has 0 amide bonds. The molecular weight excluding hydrogens is 361 g/mol. The topological polar surface area (TPSA) is 53.4 Å². The zero-order valence-electron chi connectivity index (χ0n) is 14.7. The van der Waals surface area contributed by atoms with Crippen LogP contribution in [0.4, 0.5) is 13.2 Å². The molecule has 142 valence electrons. The Morgan fingerprint density at radius 1 is 1.19 bits per heavy atom. The first kappa shape index (κ1) is 18.9. The van der Waals surface area contributed by atoms with E-state index in [2.05, 4.69) is 4.98 Å². The number of benzene rings is 2. The van der Waals surface area contributed by atoms with E-state index in [1.165, 1.54) is 13.2 Å². The summed E-state index contributed by atoms with van der Waals surface area (Å²) in [5, 5.41) is 0. The Morgan fingerprint density at radius 3 is 2.63 bits per heavy atom. The highest BCUT2D eigenvalue weighted by molar-refractivity contribution is 5.90. The lowest BCUT2D eigenvalue weighted by Crippen LogP contribution is -2.07. The summed E-state index contributed by atoms with van der Waals surface area (Å²) < 4.78 is 50.8. The number of esters is 1. The second-order valence-corrected chi connectivity index (χ2v) is 5.77. The third-order valence-corrected chi connectivity index (χ3v) is 3.94. The molecular formula is C19H17F3N2O3. The van der Waals surface area contributed by atoms with Gasteiger partial charge in [0, 0.05) is 12.8 Å². The summed E-state index contributed by atoms with van der Waals surface area (Å²) in [5.41, 5.74) is 0.819. The molecule has 1 heterocycles. The van der Waals surface area contributed by atoms with Crippen molar-refractivity contribution in [3.05, 3.63) is 59.4 Å². The van der Waals surface area contributed by atoms with Gasteiger partial charge in [0.15, 0.2) is 0 Å². The zero-order chi connectivity index (χ0) is 19.6. The van der Waals surface area contributed by atoms with Gasteiger partial charge >= 0.3 is 12.1 Å². The quantitative estimate of drug-likeness (QED) is 0.619. The lowest BCUT2D eigenvalue weighted by molar-refractivity contribution is -0.137. The number of halogens is 3. The number of imidazole rings is 1. The van der Waals surface area contributed by atoms with Gasteiger partial charge in [-0.1, -0.05) is 6.07 Å². The number of carbonyl (C=O) groups is 1. The maximum Gasteiger partial charge on any atom is 0.416 e. The molecule has 8 heteroatoms. The molecule has 5 nitrogen and oxygen atoms in total. The van der Waals surface area contributed by atoms with Crippen LogP contribution in [0.2, 0.25) is 0 Å². The van der Waals surface area contributed by atoms with Gasteiger partial charge in [-0.15, -0.1) is 0 Å². The number of ether oxygens (including phenoxy) is 2. The van der Waals surface area contributed by atoms with Crippen molar-refractivity contribution in [2.45, 2.75) is 19.7 Å². The number of fused-ring (bicyclic) bond motifs is 1. The third kappa shape index (κ3) is 3.80. The molecule has 0 N–H and O–H groups in total. The fourth-order valence-electron chi connectivity index (χ4n) is 2.81. The molecule has 2 aromatic carbocycles. The van der Waals surface area contributed by atoms with Crippen molar-refractivity contribution in [2.75, 3.05) is 13.7 Å². The standard InChI is InChI=1S/C19H17F3N2O3/c1-3-27-18(25)12-5-4-6-14(9-12)24-16-8-7-13(19(20,21)22)10-15(16)23-17(24)11-26-2/h4-10H,3,11H2,1-2H3. The fraction of sp³-hybridized carbons (Fsp3) is 0.263. The maximum absolute atomic E-state index is 13.0. The fourth-order valence-corrected chi connectivity index (χ4v) is 2.81. The molecule has 0 unspecified atom stereocenters. The first-order valence-electron chi connectivity index (χ1n) is 8.20. The van der Waals surface area contributed by atoms with Crippen LogP contribution in [0.25, 0.3) is 16.7 Å². The van der Waals surface area contributed by atoms with E-state index in [-0.39, 0.29) is 18.7 Å². The van der Waals surface area contributed by atoms with Crippen molar-refractivity contribution in [1.29, 1.82) is 0 Å². The number of alkyl halides is 3. The van der Waals surface area contributed by atoms with Gasteiger partial charge in [0.05, 0.1) is 28.8 Å². The van der Waals surface area contributed by atoms with E-state index in [4.69, 9.17) is 9.47 Å². The SMILES string of the molecule is CCOC(=O)c1cccc(-n2c(COC)nc3cc(C(F)(F)F)ccc32)c1. The van der Waals surface area contributed by atoms with Gasteiger partial charge in [0.25, 0.3) is 0 Å². The Bertz CT molecular complexity index is 980. The van der Waals surface area contributed by atoms with Crippen LogP contribution < -0.4 is 0 Å². The number of methoxy groups -OCH3 is 1. The molecule has 0 spiro atoms. The third-order valence-electron chi connectivity index (χ3n) is 3.94. The lowest BCUT2D eigenvalue weighted by atomic mass is 10.1. The second kappa shape index (κ2) is 7.40. The first-order chi connectivity index (χ1) is 12.8. The molecule has 0 bridgehead atoms. The van der Waals surface area contributed by atoms with Crippen LogP contribution in [0.15, 0.2) is 42.5 Å². The van der Waals surface area contributed by atoms with E-state index in [0.29, 0.717) is 22.6 Å². The van der Waals surface area contributed by atoms with E-state index < -0.39 is 17.7 Å². The highest BCUT2D eigenvalue weighted by Crippen LogP contribution is 2.32. The second-order valence-electron chi connectivity index (χ2n) is 5.77. The van der Waals surface area contributed by atoms with Crippen LogP contribution >= 0.6 is 0 Å². The minimum atomic E-state index is -4.46. The summed E-state index contributed by atoms with van der Waals surface area (Å²) in [4.78, 5) is 16.3. The number of hydrogen-bond donors (Lipinski definition) is 0. The summed E-state index contributed by atoms with van der Waals surface area (Å²) in [7, 11) is 1.47. The zero-order valence-corrected chi connectivity index (χ0v) is 14.7. The number of nitrogens with zero attached hydrogens (tertiary/aromatic N) is 2. The van der Waals surface area contributed by atoms with Gasteiger partial charge in [-0.25, -0.2) is 9.78 Å². The molecule has 1 aromatic heterocycles. The minimum Gasteiger partial charge on any atom is -0.462 e. The highest BCUT2D eigenvalue weighted by Gasteiger charge is 2.31. The van der Waals surface area contributed by atoms with Crippen molar-refractivity contribution >= 4 is 17.0 Å². The molecule has 0 saturated heterocycles. The van der Waals surface area contributed by atoms with Crippen LogP contribution in [0.1, 0.15) is 28.7 Å². The van der Waals surface area contributed by atoms with Crippen molar-refractivity contribution in [3.63, 3.8) is 0 Å². The first-order valence-corrected chi connectivity index (χ1v) is 8.20. The Morgan fingerprint density at radius 2 is 1.96 bits per heavy atom. The van der Waals surface area contributed by atoms with Crippen LogP contribution in [0, 0.1) is 0 Å². The average Bonchev–Trinajstić information content (AvgIpc) is 2.98. The Hall–Kier alpha value is -2.87. The largest absolute Gasteiger partial charge is 0.462 e. The van der Waals surface area contributed by atoms with Gasteiger partial charge in [-0.3, -0.25) is 4.57 Å². The molecule has 0 fully saturated rings. The normalized spacial score (nSPS) is 11.7. The molecule has 0 aliphatic rings. The summed E-state index contributed by atoms with van der Waals surface area (Å²) in [6.45, 7) is 2.05. The molecule has 0 saturated carbocycles. The van der Waals surface area contributed by atoms with Gasteiger partial charge in [0.2, 0.25) is 0 Å². The Balaban J connectivity index is 2.16. The monoisotopic (exact) mass is 378 g/mol. The number of carbonyl (C=O) groups excluding carboxylic acids is 1. The Labute approximate surface area is 153 Å². The van der Waals surface area contributed by atoms with Crippen molar-refractivity contribution < 1.29 is 27.4 Å². The van der Waals surface area contributed by atoms with E-state index in [9.17, 15) is 18.0 Å². The van der Waals surface area contributed by atoms with Crippen LogP contribution in [0.3, 0.4) is 0 Å². The van der Waals surface area contributed by atoms with E-state index in [1.54, 1.807) is 35.8 Å². The molecule has 0 aliphatic carbocycles. The van der Waals surface area contributed by atoms with Crippen molar-refractivity contribution in [2.24, 2.45) is 0 Å². The Kier molecular flexibility index (Phi) is 5.18. The van der Waals surface area contributed by atoms with Crippen molar-refractivity contribution in [1.82, 2.24) is 9.55 Å². The van der Waals surface area contributed by atoms with Gasteiger partial charge in [0.1, 0.15) is 12.4 Å². The average molecular weight is 378 g/mol. The van der Waals surface area contributed by atoms with Crippen LogP contribution in [0.5, 0.6) is 0 Å². The molecule has 27 heavy (non-hydrogen) atoms. The van der Waals surface area contributed by atoms with E-state index in [1.807, 2.05) is 0 Å². The van der Waals surface area contributed by atoms with E-state index >= 15 is 0 Å². The van der Waals surface area contributed by atoms with Gasteiger partial charge in [-0.2, -0.15) is 13.2 Å². The molecule has 0 radical (unpaired) electrons. The predicted molar refractivity (Wildman–Crippen MR) is 92.7 cm³/mol. The lowest BCUT2D eigenvalue weighted by Gasteiger charge is -2.11. The molecule has 3 rings (SSSR count). The summed E-state index contributed by atoms with van der Waals surface area (Å²) >= 11 is 0. The number of hydrogen-bond acceptors (Lipinski definition) is 4. The smallest absolute Gasteiger partial charge is 0.416 e. The van der Waals surface area contributed by atoms with Crippen molar-refractivity contribution in [3.8, 4) is 5.69 Å². The van der Waals surface area contributed by atoms with Crippen LogP contribution in [-0.4, -0.2) is 29.2 Å². The summed E-state index contributed by atoms with van der Waals surface area (Å²) in [5.74, 6) is -0.0516. The number of rotatable bonds is 5. The number of aromatic nitrogens is 2. The molecule has 3 aromatic rings. The van der Waals surface area contributed by atoms with Crippen LogP contribution in [-0.2, 0) is 22.3 Å². The van der Waals surface area contributed by atoms with Gasteiger partial charge < -0.3 is 9.47 Å². The van der Waals surface area contributed by atoms with E-state index in [0.717, 1.165) is 12.1 Å². The maximum atomic E-state index is 13.0. The highest BCUT2D eigenvalue weighted by atomic mass is 19.4. The molecule has 0 aliphatic heterocycles. The summed E-state index contributed by atoms with van der Waals surface area (Å²) in [6, 6.07) is 10.00. The van der Waals surface area contributed by atoms with Gasteiger partial charge in [-0.05, 0) is 43.3 Å². The minimum absolute atomic E-state index is 0.0969. The summed E-state index contributed by atoms with van der Waals surface area (Å²) in [6.07, 6.45) is -4.46.